The van der Waals surface area contributed by atoms with Crippen molar-refractivity contribution >= 4 is 57.6 Å². The summed E-state index contributed by atoms with van der Waals surface area (Å²) in [5.74, 6) is -0.631. The lowest BCUT2D eigenvalue weighted by Gasteiger charge is -2.14. The highest BCUT2D eigenvalue weighted by Crippen LogP contribution is 2.37. The van der Waals surface area contributed by atoms with Gasteiger partial charge >= 0.3 is 0 Å². The molecule has 0 spiro atoms. The van der Waals surface area contributed by atoms with Gasteiger partial charge in [-0.25, -0.2) is 0 Å². The van der Waals surface area contributed by atoms with Crippen LogP contribution in [0, 0.1) is 10.1 Å². The molecular formula is C18H13N3O5S2. The molecule has 1 aliphatic heterocycles. The number of rotatable bonds is 6. The lowest BCUT2D eigenvalue weighted by molar-refractivity contribution is -0.384. The SMILES string of the molecule is NC(=O)COc1ccccc1/C=C1\SC(=S)N(c2cccc([N+](=O)[O-])c2)C1=O. The molecule has 2 aromatic carbocycles. The summed E-state index contributed by atoms with van der Waals surface area (Å²) in [4.78, 5) is 35.8. The molecule has 0 atom stereocenters. The standard InChI is InChI=1S/C18H13N3O5S2/c19-16(22)10-26-14-7-2-1-4-11(14)8-15-17(23)20(18(27)28-15)12-5-3-6-13(9-12)21(24)25/h1-9H,10H2,(H2,19,22)/b15-8-. The van der Waals surface area contributed by atoms with Crippen LogP contribution in [0.4, 0.5) is 11.4 Å². The molecule has 1 aliphatic rings. The maximum absolute atomic E-state index is 12.8. The minimum absolute atomic E-state index is 0.138. The number of anilines is 1. The Morgan fingerprint density at radius 1 is 1.29 bits per heavy atom. The van der Waals surface area contributed by atoms with Crippen molar-refractivity contribution in [3.63, 3.8) is 0 Å². The van der Waals surface area contributed by atoms with Gasteiger partial charge in [-0.3, -0.25) is 24.6 Å². The molecule has 3 rings (SSSR count). The Balaban J connectivity index is 1.91. The van der Waals surface area contributed by atoms with E-state index in [-0.39, 0.29) is 16.6 Å². The van der Waals surface area contributed by atoms with E-state index >= 15 is 0 Å². The number of amides is 2. The van der Waals surface area contributed by atoms with Crippen molar-refractivity contribution in [1.29, 1.82) is 0 Å². The Bertz CT molecular complexity index is 1020. The number of hydrogen-bond donors (Lipinski definition) is 1. The number of non-ortho nitro benzene ring substituents is 1. The van der Waals surface area contributed by atoms with Crippen LogP contribution in [-0.4, -0.2) is 27.7 Å². The fourth-order valence-electron chi connectivity index (χ4n) is 2.46. The van der Waals surface area contributed by atoms with Gasteiger partial charge in [-0.15, -0.1) is 0 Å². The number of nitro groups is 1. The number of primary amides is 1. The van der Waals surface area contributed by atoms with Gasteiger partial charge in [-0.05, 0) is 18.2 Å². The molecule has 0 unspecified atom stereocenters. The van der Waals surface area contributed by atoms with Crippen LogP contribution in [0.3, 0.4) is 0 Å². The molecule has 0 bridgehead atoms. The van der Waals surface area contributed by atoms with Crippen LogP contribution in [0.25, 0.3) is 6.08 Å². The van der Waals surface area contributed by atoms with Crippen molar-refractivity contribution in [2.45, 2.75) is 0 Å². The molecule has 2 aromatic rings. The van der Waals surface area contributed by atoms with E-state index in [4.69, 9.17) is 22.7 Å². The summed E-state index contributed by atoms with van der Waals surface area (Å²) in [6.07, 6.45) is 1.59. The molecule has 2 amide bonds. The summed E-state index contributed by atoms with van der Waals surface area (Å²) in [5, 5.41) is 11.0. The normalized spacial score (nSPS) is 15.1. The molecule has 0 aliphatic carbocycles. The Morgan fingerprint density at radius 3 is 2.75 bits per heavy atom. The molecule has 1 saturated heterocycles. The van der Waals surface area contributed by atoms with Crippen LogP contribution in [0.2, 0.25) is 0 Å². The number of thiocarbonyl (C=S) groups is 1. The number of benzene rings is 2. The van der Waals surface area contributed by atoms with Gasteiger partial charge < -0.3 is 10.5 Å². The van der Waals surface area contributed by atoms with Gasteiger partial charge in [0.15, 0.2) is 10.9 Å². The predicted octanol–water partition coefficient (Wildman–Crippen LogP) is 2.86. The smallest absolute Gasteiger partial charge is 0.271 e. The Labute approximate surface area is 169 Å². The topological polar surface area (TPSA) is 116 Å². The number of para-hydroxylation sites is 1. The summed E-state index contributed by atoms with van der Waals surface area (Å²) in [5.41, 5.74) is 5.85. The van der Waals surface area contributed by atoms with Crippen LogP contribution in [0.5, 0.6) is 5.75 Å². The number of thioether (sulfide) groups is 1. The van der Waals surface area contributed by atoms with E-state index in [0.717, 1.165) is 11.8 Å². The van der Waals surface area contributed by atoms with E-state index in [0.29, 0.717) is 21.9 Å². The zero-order valence-corrected chi connectivity index (χ0v) is 15.9. The molecule has 1 heterocycles. The van der Waals surface area contributed by atoms with Crippen LogP contribution in [0.15, 0.2) is 53.4 Å². The molecule has 10 heteroatoms. The van der Waals surface area contributed by atoms with Gasteiger partial charge in [0, 0.05) is 17.7 Å². The minimum Gasteiger partial charge on any atom is -0.483 e. The highest BCUT2D eigenvalue weighted by molar-refractivity contribution is 8.27. The van der Waals surface area contributed by atoms with Gasteiger partial charge in [0.05, 0.1) is 15.5 Å². The largest absolute Gasteiger partial charge is 0.483 e. The summed E-state index contributed by atoms with van der Waals surface area (Å²) < 4.78 is 5.62. The Morgan fingerprint density at radius 2 is 2.04 bits per heavy atom. The van der Waals surface area contributed by atoms with E-state index in [2.05, 4.69) is 0 Å². The molecular weight excluding hydrogens is 402 g/mol. The van der Waals surface area contributed by atoms with Crippen LogP contribution in [-0.2, 0) is 9.59 Å². The maximum Gasteiger partial charge on any atom is 0.271 e. The van der Waals surface area contributed by atoms with Crippen LogP contribution < -0.4 is 15.4 Å². The quantitative estimate of drug-likeness (QED) is 0.334. The summed E-state index contributed by atoms with van der Waals surface area (Å²) in [6, 6.07) is 12.5. The first-order valence-corrected chi connectivity index (χ1v) is 9.12. The van der Waals surface area contributed by atoms with E-state index in [1.54, 1.807) is 36.4 Å². The molecule has 1 fully saturated rings. The number of carbonyl (C=O) groups is 2. The van der Waals surface area contributed by atoms with E-state index in [1.165, 1.54) is 23.1 Å². The lowest BCUT2D eigenvalue weighted by atomic mass is 10.2. The second kappa shape index (κ2) is 8.19. The molecule has 0 radical (unpaired) electrons. The third-order valence-electron chi connectivity index (χ3n) is 3.67. The average molecular weight is 415 g/mol. The zero-order valence-electron chi connectivity index (χ0n) is 14.2. The first-order valence-electron chi connectivity index (χ1n) is 7.89. The van der Waals surface area contributed by atoms with Gasteiger partial charge in [0.25, 0.3) is 17.5 Å². The molecule has 8 nitrogen and oxygen atoms in total. The van der Waals surface area contributed by atoms with Crippen LogP contribution in [0.1, 0.15) is 5.56 Å². The van der Waals surface area contributed by atoms with Crippen molar-refractivity contribution in [1.82, 2.24) is 0 Å². The number of ether oxygens (including phenoxy) is 1. The molecule has 28 heavy (non-hydrogen) atoms. The molecule has 0 saturated carbocycles. The number of nitrogens with two attached hydrogens (primary N) is 1. The van der Waals surface area contributed by atoms with E-state index in [9.17, 15) is 19.7 Å². The Hall–Kier alpha value is -3.24. The molecule has 142 valence electrons. The van der Waals surface area contributed by atoms with E-state index in [1.807, 2.05) is 0 Å². The number of carbonyl (C=O) groups excluding carboxylic acids is 2. The number of nitro benzene ring substituents is 1. The van der Waals surface area contributed by atoms with Crippen molar-refractivity contribution in [2.24, 2.45) is 5.73 Å². The summed E-state index contributed by atoms with van der Waals surface area (Å²) >= 11 is 6.36. The summed E-state index contributed by atoms with van der Waals surface area (Å²) in [7, 11) is 0. The second-order valence-electron chi connectivity index (χ2n) is 5.59. The Kier molecular flexibility index (Phi) is 5.71. The molecule has 2 N–H and O–H groups in total. The third kappa shape index (κ3) is 4.18. The van der Waals surface area contributed by atoms with Crippen molar-refractivity contribution in [3.05, 3.63) is 69.1 Å². The third-order valence-corrected chi connectivity index (χ3v) is 4.97. The van der Waals surface area contributed by atoms with E-state index < -0.39 is 16.7 Å². The fraction of sp³-hybridized carbons (Fsp3) is 0.0556. The van der Waals surface area contributed by atoms with Crippen molar-refractivity contribution < 1.29 is 19.2 Å². The monoisotopic (exact) mass is 415 g/mol. The molecule has 0 aromatic heterocycles. The highest BCUT2D eigenvalue weighted by atomic mass is 32.2. The zero-order chi connectivity index (χ0) is 20.3. The number of hydrogen-bond acceptors (Lipinski definition) is 7. The van der Waals surface area contributed by atoms with Gasteiger partial charge in [-0.2, -0.15) is 0 Å². The minimum atomic E-state index is -0.619. The first kappa shape index (κ1) is 19.5. The fourth-order valence-corrected chi connectivity index (χ4v) is 3.75. The average Bonchev–Trinajstić information content (AvgIpc) is 2.94. The number of nitrogens with zero attached hydrogens (tertiary/aromatic N) is 2. The van der Waals surface area contributed by atoms with Crippen molar-refractivity contribution in [3.8, 4) is 5.75 Å². The predicted molar refractivity (Wildman–Crippen MR) is 110 cm³/mol. The second-order valence-corrected chi connectivity index (χ2v) is 7.26. The van der Waals surface area contributed by atoms with Crippen LogP contribution >= 0.6 is 24.0 Å². The summed E-state index contributed by atoms with van der Waals surface area (Å²) in [6.45, 7) is -0.292. The lowest BCUT2D eigenvalue weighted by Crippen LogP contribution is -2.27. The van der Waals surface area contributed by atoms with Crippen molar-refractivity contribution in [2.75, 3.05) is 11.5 Å². The highest BCUT2D eigenvalue weighted by Gasteiger charge is 2.34. The van der Waals surface area contributed by atoms with Gasteiger partial charge in [0.1, 0.15) is 5.75 Å². The van der Waals surface area contributed by atoms with Gasteiger partial charge in [-0.1, -0.05) is 48.2 Å². The maximum atomic E-state index is 12.8. The first-order chi connectivity index (χ1) is 13.4. The van der Waals surface area contributed by atoms with Gasteiger partial charge in [0.2, 0.25) is 0 Å².